The zero-order chi connectivity index (χ0) is 19.8. The van der Waals surface area contributed by atoms with Crippen molar-refractivity contribution >= 4 is 22.6 Å². The summed E-state index contributed by atoms with van der Waals surface area (Å²) >= 11 is 1.79. The number of hydrogen-bond donors (Lipinski definition) is 0. The normalized spacial score (nSPS) is 33.4. The molecule has 5 rings (SSSR count). The topological polar surface area (TPSA) is 48.9 Å². The van der Waals surface area contributed by atoms with Crippen molar-refractivity contribution < 1.29 is 9.53 Å². The Bertz CT molecular complexity index is 698. The fraction of sp³-hybridized carbons (Fsp3) is 0.818. The molecule has 1 aromatic rings. The van der Waals surface area contributed by atoms with Crippen molar-refractivity contribution in [2.75, 3.05) is 44.2 Å². The van der Waals surface area contributed by atoms with Gasteiger partial charge in [0, 0.05) is 43.3 Å². The van der Waals surface area contributed by atoms with Crippen molar-refractivity contribution in [3.63, 3.8) is 0 Å². The van der Waals surface area contributed by atoms with Crippen LogP contribution in [0.2, 0.25) is 0 Å². The molecule has 4 heterocycles. The lowest BCUT2D eigenvalue weighted by Crippen LogP contribution is -2.55. The van der Waals surface area contributed by atoms with Crippen LogP contribution in [0.25, 0.3) is 0 Å². The maximum atomic E-state index is 12.0. The zero-order valence-corrected chi connectivity index (χ0v) is 18.4. The molecule has 29 heavy (non-hydrogen) atoms. The maximum Gasteiger partial charge on any atom is 0.409 e. The van der Waals surface area contributed by atoms with E-state index in [1.54, 1.807) is 11.3 Å². The Morgan fingerprint density at radius 3 is 2.79 bits per heavy atom. The number of aromatic nitrogens is 1. The second-order valence-electron chi connectivity index (χ2n) is 9.52. The van der Waals surface area contributed by atoms with Gasteiger partial charge in [-0.1, -0.05) is 0 Å². The number of likely N-dealkylation sites (tertiary alicyclic amines) is 2. The highest BCUT2D eigenvalue weighted by atomic mass is 32.1. The minimum absolute atomic E-state index is 0.116. The number of ether oxygens (including phenoxy) is 1. The van der Waals surface area contributed by atoms with E-state index >= 15 is 0 Å². The molecule has 7 heteroatoms. The number of amides is 1. The van der Waals surface area contributed by atoms with E-state index in [0.29, 0.717) is 18.1 Å². The van der Waals surface area contributed by atoms with Crippen LogP contribution in [0.15, 0.2) is 11.6 Å². The van der Waals surface area contributed by atoms with E-state index in [0.717, 1.165) is 31.5 Å². The second kappa shape index (κ2) is 8.06. The van der Waals surface area contributed by atoms with Crippen LogP contribution in [0.5, 0.6) is 0 Å². The lowest BCUT2D eigenvalue weighted by Gasteiger charge is -2.52. The Hall–Kier alpha value is -1.34. The van der Waals surface area contributed by atoms with E-state index < -0.39 is 0 Å². The number of carbonyl (C=O) groups excluding carboxylic acids is 1. The molecule has 1 aliphatic carbocycles. The van der Waals surface area contributed by atoms with Crippen molar-refractivity contribution in [1.82, 2.24) is 14.8 Å². The van der Waals surface area contributed by atoms with Crippen LogP contribution in [-0.4, -0.2) is 72.3 Å². The Morgan fingerprint density at radius 2 is 2.07 bits per heavy atom. The van der Waals surface area contributed by atoms with E-state index in [2.05, 4.69) is 20.2 Å². The minimum atomic E-state index is -0.116. The fourth-order valence-corrected chi connectivity index (χ4v) is 7.11. The Balaban J connectivity index is 1.10. The Kier molecular flexibility index (Phi) is 5.45. The van der Waals surface area contributed by atoms with Crippen LogP contribution in [0.4, 0.5) is 9.93 Å². The van der Waals surface area contributed by atoms with Crippen molar-refractivity contribution in [3.8, 4) is 0 Å². The highest BCUT2D eigenvalue weighted by molar-refractivity contribution is 7.13. The van der Waals surface area contributed by atoms with Gasteiger partial charge >= 0.3 is 6.09 Å². The van der Waals surface area contributed by atoms with Gasteiger partial charge in [-0.15, -0.1) is 11.3 Å². The number of rotatable bonds is 4. The number of thiazole rings is 1. The third-order valence-corrected chi connectivity index (χ3v) is 8.71. The third-order valence-electron chi connectivity index (χ3n) is 7.90. The Labute approximate surface area is 178 Å². The van der Waals surface area contributed by atoms with Crippen LogP contribution in [-0.2, 0) is 4.74 Å². The molecule has 1 aromatic heterocycles. The lowest BCUT2D eigenvalue weighted by molar-refractivity contribution is -0.0109. The molecule has 0 N–H and O–H groups in total. The van der Waals surface area contributed by atoms with E-state index in [-0.39, 0.29) is 6.09 Å². The molecule has 1 amide bonds. The molecule has 3 saturated heterocycles. The zero-order valence-electron chi connectivity index (χ0n) is 17.6. The van der Waals surface area contributed by atoms with E-state index in [1.807, 2.05) is 18.0 Å². The smallest absolute Gasteiger partial charge is 0.409 e. The average Bonchev–Trinajstić information content (AvgIpc) is 3.47. The highest BCUT2D eigenvalue weighted by Crippen LogP contribution is 2.51. The largest absolute Gasteiger partial charge is 0.450 e. The summed E-state index contributed by atoms with van der Waals surface area (Å²) in [6.45, 7) is 7.81. The summed E-state index contributed by atoms with van der Waals surface area (Å²) in [5.41, 5.74) is 0.376. The summed E-state index contributed by atoms with van der Waals surface area (Å²) in [7, 11) is 0. The van der Waals surface area contributed by atoms with Crippen LogP contribution < -0.4 is 4.90 Å². The first-order valence-corrected chi connectivity index (χ1v) is 12.4. The summed E-state index contributed by atoms with van der Waals surface area (Å²) in [5, 5.41) is 3.33. The number of anilines is 1. The van der Waals surface area contributed by atoms with Crippen LogP contribution in [0, 0.1) is 11.3 Å². The van der Waals surface area contributed by atoms with Crippen molar-refractivity contribution in [2.24, 2.45) is 11.3 Å². The average molecular weight is 419 g/mol. The van der Waals surface area contributed by atoms with Gasteiger partial charge in [-0.05, 0) is 76.3 Å². The van der Waals surface area contributed by atoms with Gasteiger partial charge in [-0.25, -0.2) is 9.78 Å². The van der Waals surface area contributed by atoms with Crippen molar-refractivity contribution in [1.29, 1.82) is 0 Å². The fourth-order valence-electron chi connectivity index (χ4n) is 6.38. The van der Waals surface area contributed by atoms with Crippen LogP contribution in [0.3, 0.4) is 0 Å². The molecule has 0 radical (unpaired) electrons. The highest BCUT2D eigenvalue weighted by Gasteiger charge is 2.51. The molecular formula is C22H34N4O2S. The maximum absolute atomic E-state index is 12.0. The predicted molar refractivity (Wildman–Crippen MR) is 115 cm³/mol. The lowest BCUT2D eigenvalue weighted by atomic mass is 9.64. The molecular weight excluding hydrogens is 384 g/mol. The first-order valence-electron chi connectivity index (χ1n) is 11.5. The van der Waals surface area contributed by atoms with Gasteiger partial charge < -0.3 is 19.4 Å². The summed E-state index contributed by atoms with van der Waals surface area (Å²) < 4.78 is 5.20. The standard InChI is InChI=1S/C22H34N4O2S/c1-2-28-21(27)25-12-7-22(16-25)14-18(15-22)24-10-5-17(6-11-24)19-4-3-9-26(19)20-23-8-13-29-20/h8,13,17-19H,2-7,9-12,14-16H2,1H3/t18?,19-,22?/m0/s1. The summed E-state index contributed by atoms with van der Waals surface area (Å²) in [4.78, 5) is 23.9. The van der Waals surface area contributed by atoms with Crippen molar-refractivity contribution in [3.05, 3.63) is 11.6 Å². The molecule has 1 atom stereocenters. The first-order chi connectivity index (χ1) is 14.2. The van der Waals surface area contributed by atoms with Crippen molar-refractivity contribution in [2.45, 2.75) is 64.0 Å². The number of hydrogen-bond acceptors (Lipinski definition) is 6. The minimum Gasteiger partial charge on any atom is -0.450 e. The molecule has 0 unspecified atom stereocenters. The number of carbonyl (C=O) groups is 1. The van der Waals surface area contributed by atoms with E-state index in [1.165, 1.54) is 63.3 Å². The summed E-state index contributed by atoms with van der Waals surface area (Å²) in [5.74, 6) is 0.817. The third kappa shape index (κ3) is 3.76. The quantitative estimate of drug-likeness (QED) is 0.744. The molecule has 3 aliphatic heterocycles. The molecule has 0 bridgehead atoms. The van der Waals surface area contributed by atoms with E-state index in [4.69, 9.17) is 4.74 Å². The second-order valence-corrected chi connectivity index (χ2v) is 10.4. The van der Waals surface area contributed by atoms with E-state index in [9.17, 15) is 4.79 Å². The van der Waals surface area contributed by atoms with Gasteiger partial charge in [0.05, 0.1) is 6.61 Å². The summed E-state index contributed by atoms with van der Waals surface area (Å²) in [6, 6.07) is 1.43. The molecule has 160 valence electrons. The molecule has 1 spiro atoms. The predicted octanol–water partition coefficient (Wildman–Crippen LogP) is 3.83. The molecule has 4 fully saturated rings. The molecule has 0 aromatic carbocycles. The number of nitrogens with zero attached hydrogens (tertiary/aromatic N) is 4. The molecule has 1 saturated carbocycles. The van der Waals surface area contributed by atoms with Gasteiger partial charge in [0.15, 0.2) is 5.13 Å². The van der Waals surface area contributed by atoms with Gasteiger partial charge in [0.2, 0.25) is 0 Å². The van der Waals surface area contributed by atoms with Gasteiger partial charge in [-0.2, -0.15) is 0 Å². The van der Waals surface area contributed by atoms with Gasteiger partial charge in [0.25, 0.3) is 0 Å². The van der Waals surface area contributed by atoms with Gasteiger partial charge in [-0.3, -0.25) is 0 Å². The SMILES string of the molecule is CCOC(=O)N1CCC2(CC(N3CCC([C@@H]4CCCN4c4nccs4)CC3)C2)C1. The number of piperidine rings is 1. The molecule has 6 nitrogen and oxygen atoms in total. The monoisotopic (exact) mass is 418 g/mol. The first kappa shape index (κ1) is 19.6. The Morgan fingerprint density at radius 1 is 1.24 bits per heavy atom. The van der Waals surface area contributed by atoms with Gasteiger partial charge in [0.1, 0.15) is 0 Å². The van der Waals surface area contributed by atoms with Crippen LogP contribution >= 0.6 is 11.3 Å². The van der Waals surface area contributed by atoms with Crippen LogP contribution in [0.1, 0.15) is 51.9 Å². The summed E-state index contributed by atoms with van der Waals surface area (Å²) in [6.07, 6.45) is 10.8. The molecule has 4 aliphatic rings.